The fourth-order valence-electron chi connectivity index (χ4n) is 3.20. The summed E-state index contributed by atoms with van der Waals surface area (Å²) in [5, 5.41) is 14.8. The Balaban J connectivity index is 1.73. The number of carbonyl (C=O) groups excluding carboxylic acids is 2. The van der Waals surface area contributed by atoms with Gasteiger partial charge in [0.05, 0.1) is 0 Å². The zero-order valence-corrected chi connectivity index (χ0v) is 14.5. The van der Waals surface area contributed by atoms with Crippen LogP contribution in [0.5, 0.6) is 0 Å². The van der Waals surface area contributed by atoms with Gasteiger partial charge in [-0.05, 0) is 55.3 Å². The average molecular weight is 370 g/mol. The predicted molar refractivity (Wildman–Crippen MR) is 97.1 cm³/mol. The molecule has 0 spiro atoms. The van der Waals surface area contributed by atoms with Gasteiger partial charge in [0.1, 0.15) is 11.4 Å². The molecule has 0 aliphatic heterocycles. The lowest BCUT2D eigenvalue weighted by molar-refractivity contribution is -0.144. The van der Waals surface area contributed by atoms with Gasteiger partial charge in [0.2, 0.25) is 0 Å². The van der Waals surface area contributed by atoms with E-state index in [9.17, 15) is 23.9 Å². The maximum absolute atomic E-state index is 13.0. The first kappa shape index (κ1) is 18.6. The second kappa shape index (κ2) is 7.57. The number of benzene rings is 2. The van der Waals surface area contributed by atoms with Crippen LogP contribution in [0.4, 0.5) is 10.1 Å². The van der Waals surface area contributed by atoms with Crippen LogP contribution in [0.2, 0.25) is 0 Å². The number of amides is 2. The van der Waals surface area contributed by atoms with Gasteiger partial charge < -0.3 is 15.7 Å². The molecule has 7 heteroatoms. The fraction of sp³-hybridized carbons (Fsp3) is 0.250. The predicted octanol–water partition coefficient (Wildman–Crippen LogP) is 3.21. The number of rotatable bonds is 5. The van der Waals surface area contributed by atoms with Gasteiger partial charge in [-0.15, -0.1) is 0 Å². The van der Waals surface area contributed by atoms with Crippen molar-refractivity contribution in [3.63, 3.8) is 0 Å². The highest BCUT2D eigenvalue weighted by molar-refractivity contribution is 6.05. The summed E-state index contributed by atoms with van der Waals surface area (Å²) in [4.78, 5) is 36.3. The monoisotopic (exact) mass is 370 g/mol. The summed E-state index contributed by atoms with van der Waals surface area (Å²) < 4.78 is 13.0. The quantitative estimate of drug-likeness (QED) is 0.753. The summed E-state index contributed by atoms with van der Waals surface area (Å²) in [7, 11) is 0. The third-order valence-corrected chi connectivity index (χ3v) is 4.71. The largest absolute Gasteiger partial charge is 0.480 e. The standard InChI is InChI=1S/C20H19FN2O4/c21-15-8-6-13(7-9-15)17(24)22-16-5-3-4-14(12-16)18(25)23-20(19(26)27)10-1-2-11-20/h3-9,12H,1-2,10-11H2,(H,22,24)(H,23,25)(H,26,27). The molecule has 27 heavy (non-hydrogen) atoms. The molecule has 2 aromatic carbocycles. The minimum Gasteiger partial charge on any atom is -0.480 e. The molecule has 0 radical (unpaired) electrons. The van der Waals surface area contributed by atoms with Crippen LogP contribution >= 0.6 is 0 Å². The van der Waals surface area contributed by atoms with Gasteiger partial charge >= 0.3 is 5.97 Å². The average Bonchev–Trinajstić information content (AvgIpc) is 3.12. The Morgan fingerprint density at radius 3 is 2.22 bits per heavy atom. The van der Waals surface area contributed by atoms with Crippen molar-refractivity contribution in [3.8, 4) is 0 Å². The van der Waals surface area contributed by atoms with Crippen LogP contribution in [-0.2, 0) is 4.79 Å². The Morgan fingerprint density at radius 1 is 0.926 bits per heavy atom. The van der Waals surface area contributed by atoms with Gasteiger partial charge in [-0.1, -0.05) is 18.9 Å². The number of nitrogens with one attached hydrogen (secondary N) is 2. The fourth-order valence-corrected chi connectivity index (χ4v) is 3.20. The topological polar surface area (TPSA) is 95.5 Å². The number of halogens is 1. The van der Waals surface area contributed by atoms with Crippen molar-refractivity contribution in [3.05, 3.63) is 65.5 Å². The first-order chi connectivity index (χ1) is 12.9. The van der Waals surface area contributed by atoms with Crippen molar-refractivity contribution in [1.82, 2.24) is 5.32 Å². The highest BCUT2D eigenvalue weighted by atomic mass is 19.1. The first-order valence-electron chi connectivity index (χ1n) is 8.62. The van der Waals surface area contributed by atoms with Crippen LogP contribution in [-0.4, -0.2) is 28.4 Å². The lowest BCUT2D eigenvalue weighted by Crippen LogP contribution is -2.52. The summed E-state index contributed by atoms with van der Waals surface area (Å²) >= 11 is 0. The van der Waals surface area contributed by atoms with E-state index < -0.39 is 29.1 Å². The van der Waals surface area contributed by atoms with Crippen LogP contribution in [0, 0.1) is 5.82 Å². The van der Waals surface area contributed by atoms with Crippen LogP contribution in [0.15, 0.2) is 48.5 Å². The number of hydrogen-bond donors (Lipinski definition) is 3. The van der Waals surface area contributed by atoms with E-state index in [-0.39, 0.29) is 11.1 Å². The van der Waals surface area contributed by atoms with Crippen molar-refractivity contribution < 1.29 is 23.9 Å². The van der Waals surface area contributed by atoms with E-state index in [4.69, 9.17) is 0 Å². The molecular weight excluding hydrogens is 351 g/mol. The number of anilines is 1. The van der Waals surface area contributed by atoms with E-state index in [0.29, 0.717) is 18.5 Å². The summed E-state index contributed by atoms with van der Waals surface area (Å²) in [5.41, 5.74) is -0.320. The maximum Gasteiger partial charge on any atom is 0.329 e. The van der Waals surface area contributed by atoms with E-state index in [1.165, 1.54) is 30.3 Å². The van der Waals surface area contributed by atoms with Gasteiger partial charge in [0.15, 0.2) is 0 Å². The number of carboxylic acids is 1. The summed E-state index contributed by atoms with van der Waals surface area (Å²) in [6, 6.07) is 11.3. The second-order valence-corrected chi connectivity index (χ2v) is 6.59. The minimum atomic E-state index is -1.23. The van der Waals surface area contributed by atoms with Gasteiger partial charge in [-0.3, -0.25) is 9.59 Å². The third kappa shape index (κ3) is 4.13. The third-order valence-electron chi connectivity index (χ3n) is 4.71. The molecule has 0 heterocycles. The van der Waals surface area contributed by atoms with E-state index in [2.05, 4.69) is 10.6 Å². The molecule has 2 amide bonds. The van der Waals surface area contributed by atoms with E-state index in [1.807, 2.05) is 0 Å². The van der Waals surface area contributed by atoms with E-state index >= 15 is 0 Å². The van der Waals surface area contributed by atoms with Crippen molar-refractivity contribution in [2.75, 3.05) is 5.32 Å². The Bertz CT molecular complexity index is 874. The molecular formula is C20H19FN2O4. The van der Waals surface area contributed by atoms with E-state index in [1.54, 1.807) is 18.2 Å². The summed E-state index contributed by atoms with van der Waals surface area (Å²) in [6.07, 6.45) is 2.30. The zero-order chi connectivity index (χ0) is 19.4. The Hall–Kier alpha value is -3.22. The van der Waals surface area contributed by atoms with Crippen LogP contribution in [0.25, 0.3) is 0 Å². The van der Waals surface area contributed by atoms with Gasteiger partial charge in [-0.2, -0.15) is 0 Å². The Kier molecular flexibility index (Phi) is 5.21. The molecule has 0 atom stereocenters. The SMILES string of the molecule is O=C(Nc1cccc(C(=O)NC2(C(=O)O)CCCC2)c1)c1ccc(F)cc1. The molecule has 1 saturated carbocycles. The zero-order valence-electron chi connectivity index (χ0n) is 14.5. The number of aliphatic carboxylic acids is 1. The molecule has 0 aromatic heterocycles. The minimum absolute atomic E-state index is 0.249. The summed E-state index contributed by atoms with van der Waals surface area (Å²) in [5.74, 6) is -2.42. The van der Waals surface area contributed by atoms with Crippen molar-refractivity contribution in [1.29, 1.82) is 0 Å². The summed E-state index contributed by atoms with van der Waals surface area (Å²) in [6.45, 7) is 0. The van der Waals surface area contributed by atoms with Crippen molar-refractivity contribution >= 4 is 23.5 Å². The highest BCUT2D eigenvalue weighted by Crippen LogP contribution is 2.30. The van der Waals surface area contributed by atoms with Crippen molar-refractivity contribution in [2.24, 2.45) is 0 Å². The van der Waals surface area contributed by atoms with E-state index in [0.717, 1.165) is 12.8 Å². The van der Waals surface area contributed by atoms with Crippen LogP contribution in [0.1, 0.15) is 46.4 Å². The lowest BCUT2D eigenvalue weighted by Gasteiger charge is -2.25. The molecule has 1 fully saturated rings. The molecule has 0 bridgehead atoms. The molecule has 6 nitrogen and oxygen atoms in total. The van der Waals surface area contributed by atoms with Crippen LogP contribution in [0.3, 0.4) is 0 Å². The smallest absolute Gasteiger partial charge is 0.329 e. The molecule has 1 aliphatic rings. The maximum atomic E-state index is 13.0. The van der Waals surface area contributed by atoms with Gasteiger partial charge in [0.25, 0.3) is 11.8 Å². The molecule has 140 valence electrons. The molecule has 0 unspecified atom stereocenters. The Morgan fingerprint density at radius 2 is 1.59 bits per heavy atom. The van der Waals surface area contributed by atoms with Crippen molar-refractivity contribution in [2.45, 2.75) is 31.2 Å². The second-order valence-electron chi connectivity index (χ2n) is 6.59. The molecule has 0 saturated heterocycles. The molecule has 3 rings (SSSR count). The van der Waals surface area contributed by atoms with Crippen LogP contribution < -0.4 is 10.6 Å². The first-order valence-corrected chi connectivity index (χ1v) is 8.62. The molecule has 3 N–H and O–H groups in total. The van der Waals surface area contributed by atoms with Gasteiger partial charge in [0, 0.05) is 16.8 Å². The normalized spacial score (nSPS) is 15.1. The number of hydrogen-bond acceptors (Lipinski definition) is 3. The lowest BCUT2D eigenvalue weighted by atomic mass is 9.97. The number of carbonyl (C=O) groups is 3. The van der Waals surface area contributed by atoms with Gasteiger partial charge in [-0.25, -0.2) is 9.18 Å². The molecule has 1 aliphatic carbocycles. The number of carboxylic acid groups (broad SMARTS) is 1. The Labute approximate surface area is 155 Å². The highest BCUT2D eigenvalue weighted by Gasteiger charge is 2.42. The molecule has 2 aromatic rings.